The number of ether oxygens (including phenoxy) is 2. The fourth-order valence-electron chi connectivity index (χ4n) is 6.00. The summed E-state index contributed by atoms with van der Waals surface area (Å²) in [4.78, 5) is 33.6. The number of phosphoric ester groups is 1. The summed E-state index contributed by atoms with van der Waals surface area (Å²) in [5, 5.41) is 8.91. The van der Waals surface area contributed by atoms with Crippen LogP contribution in [0.1, 0.15) is 187 Å². The summed E-state index contributed by atoms with van der Waals surface area (Å²) in [5.41, 5.74) is 5.36. The first-order valence-electron chi connectivity index (χ1n) is 22.8. The number of rotatable bonds is 43. The van der Waals surface area contributed by atoms with Gasteiger partial charge in [0.1, 0.15) is 12.1 Å². The largest absolute Gasteiger partial charge is 0.480 e. The standard InChI is InChI=1S/C47H84NO9P/c1-3-5-7-9-11-13-15-17-19-21-22-23-25-27-29-31-33-35-37-39-46(49)57-44(42-55-58(52,53)56-43-45(48)47(50)51)41-54-40-38-36-34-32-30-28-26-24-20-18-16-14-12-10-8-6-4-2/h5,7,11,13,17,19-20,22-24,44-45H,3-4,6,8-10,12,14-16,18,21,25-43,48H2,1-2H3,(H,50,51)(H,52,53)/b7-5-,13-11-,19-17-,23-22-,24-20-. The second kappa shape index (κ2) is 42.8. The van der Waals surface area contributed by atoms with Crippen LogP contribution in [0.4, 0.5) is 0 Å². The van der Waals surface area contributed by atoms with Gasteiger partial charge < -0.3 is 25.2 Å². The minimum atomic E-state index is -4.63. The molecule has 58 heavy (non-hydrogen) atoms. The molecule has 0 aliphatic heterocycles. The lowest BCUT2D eigenvalue weighted by atomic mass is 10.1. The Hall–Kier alpha value is -2.33. The first-order chi connectivity index (χ1) is 28.2. The molecule has 11 heteroatoms. The Morgan fingerprint density at radius 3 is 1.52 bits per heavy atom. The molecule has 0 radical (unpaired) electrons. The van der Waals surface area contributed by atoms with Crippen molar-refractivity contribution in [3.63, 3.8) is 0 Å². The quantitative estimate of drug-likeness (QED) is 0.0234. The van der Waals surface area contributed by atoms with Crippen molar-refractivity contribution in [2.24, 2.45) is 5.73 Å². The molecular weight excluding hydrogens is 753 g/mol. The van der Waals surface area contributed by atoms with E-state index >= 15 is 0 Å². The minimum Gasteiger partial charge on any atom is -0.480 e. The van der Waals surface area contributed by atoms with E-state index in [2.05, 4.69) is 74.6 Å². The first kappa shape index (κ1) is 55.7. The van der Waals surface area contributed by atoms with Gasteiger partial charge in [0.15, 0.2) is 0 Å². The number of carbonyl (C=O) groups is 2. The van der Waals surface area contributed by atoms with Crippen LogP contribution in [0.15, 0.2) is 60.8 Å². The van der Waals surface area contributed by atoms with Crippen LogP contribution in [0.2, 0.25) is 0 Å². The molecule has 0 aromatic carbocycles. The molecule has 0 aromatic heterocycles. The normalized spacial score (nSPS) is 14.4. The molecule has 0 bridgehead atoms. The predicted molar refractivity (Wildman–Crippen MR) is 240 cm³/mol. The van der Waals surface area contributed by atoms with Gasteiger partial charge in [0.05, 0.1) is 19.8 Å². The smallest absolute Gasteiger partial charge is 0.472 e. The number of nitrogens with two attached hydrogens (primary N) is 1. The van der Waals surface area contributed by atoms with Gasteiger partial charge >= 0.3 is 19.8 Å². The number of esters is 1. The van der Waals surface area contributed by atoms with Gasteiger partial charge in [0.25, 0.3) is 0 Å². The van der Waals surface area contributed by atoms with E-state index in [1.54, 1.807) is 0 Å². The number of aliphatic carboxylic acids is 1. The maximum Gasteiger partial charge on any atom is 0.472 e. The van der Waals surface area contributed by atoms with Gasteiger partial charge in [-0.25, -0.2) is 4.57 Å². The van der Waals surface area contributed by atoms with Gasteiger partial charge in [-0.2, -0.15) is 0 Å². The van der Waals surface area contributed by atoms with Crippen LogP contribution >= 0.6 is 7.82 Å². The van der Waals surface area contributed by atoms with Crippen molar-refractivity contribution in [3.05, 3.63) is 60.8 Å². The van der Waals surface area contributed by atoms with Gasteiger partial charge in [-0.1, -0.05) is 164 Å². The van der Waals surface area contributed by atoms with Crippen molar-refractivity contribution in [2.45, 2.75) is 199 Å². The highest BCUT2D eigenvalue weighted by Gasteiger charge is 2.27. The Labute approximate surface area is 353 Å². The SMILES string of the molecule is CC/C=C\C/C=C\C/C=C\C/C=C\CCCCCCCCC(=O)OC(COCCCCCCCC/C=C\CCCCCCCCC)COP(=O)(O)OCC(N)C(=O)O. The lowest BCUT2D eigenvalue weighted by Crippen LogP contribution is -2.34. The molecule has 0 amide bonds. The van der Waals surface area contributed by atoms with E-state index in [1.165, 1.54) is 70.6 Å². The molecule has 0 aliphatic rings. The maximum absolute atomic E-state index is 12.7. The molecule has 0 rings (SSSR count). The maximum atomic E-state index is 12.7. The van der Waals surface area contributed by atoms with Crippen LogP contribution in [-0.2, 0) is 32.7 Å². The number of carboxylic acid groups (broad SMARTS) is 1. The van der Waals surface area contributed by atoms with Crippen LogP contribution in [0.5, 0.6) is 0 Å². The summed E-state index contributed by atoms with van der Waals surface area (Å²) in [7, 11) is -4.63. The van der Waals surface area contributed by atoms with Crippen molar-refractivity contribution in [1.82, 2.24) is 0 Å². The van der Waals surface area contributed by atoms with E-state index in [0.29, 0.717) is 13.0 Å². The van der Waals surface area contributed by atoms with Crippen LogP contribution in [0.3, 0.4) is 0 Å². The van der Waals surface area contributed by atoms with Crippen molar-refractivity contribution in [2.75, 3.05) is 26.4 Å². The van der Waals surface area contributed by atoms with Crippen molar-refractivity contribution < 1.29 is 42.7 Å². The highest BCUT2D eigenvalue weighted by atomic mass is 31.2. The molecule has 0 aliphatic carbocycles. The van der Waals surface area contributed by atoms with Crippen LogP contribution < -0.4 is 5.73 Å². The Morgan fingerprint density at radius 2 is 1.00 bits per heavy atom. The zero-order valence-corrected chi connectivity index (χ0v) is 37.5. The molecule has 0 aromatic rings. The zero-order chi connectivity index (χ0) is 42.6. The molecule has 0 saturated heterocycles. The molecule has 4 N–H and O–H groups in total. The minimum absolute atomic E-state index is 0.00481. The predicted octanol–water partition coefficient (Wildman–Crippen LogP) is 12.8. The average Bonchev–Trinajstić information content (AvgIpc) is 3.20. The summed E-state index contributed by atoms with van der Waals surface area (Å²) in [6, 6.07) is -1.48. The van der Waals surface area contributed by atoms with Crippen molar-refractivity contribution >= 4 is 19.8 Å². The summed E-state index contributed by atoms with van der Waals surface area (Å²) in [6.45, 7) is 3.74. The fraction of sp³-hybridized carbons (Fsp3) is 0.745. The average molecular weight is 838 g/mol. The molecule has 0 heterocycles. The first-order valence-corrected chi connectivity index (χ1v) is 24.3. The van der Waals surface area contributed by atoms with E-state index in [0.717, 1.165) is 89.9 Å². The van der Waals surface area contributed by atoms with Gasteiger partial charge in [-0.05, 0) is 77.0 Å². The highest BCUT2D eigenvalue weighted by molar-refractivity contribution is 7.47. The Balaban J connectivity index is 4.26. The van der Waals surface area contributed by atoms with Crippen LogP contribution in [0.25, 0.3) is 0 Å². The number of carboxylic acids is 1. The van der Waals surface area contributed by atoms with Crippen LogP contribution in [-0.4, -0.2) is 60.5 Å². The number of unbranched alkanes of at least 4 members (excludes halogenated alkanes) is 19. The molecule has 10 nitrogen and oxygen atoms in total. The summed E-state index contributed by atoms with van der Waals surface area (Å²) >= 11 is 0. The summed E-state index contributed by atoms with van der Waals surface area (Å²) < 4.78 is 33.4. The second-order valence-electron chi connectivity index (χ2n) is 15.1. The van der Waals surface area contributed by atoms with Crippen molar-refractivity contribution in [1.29, 1.82) is 0 Å². The van der Waals surface area contributed by atoms with Crippen LogP contribution in [0, 0.1) is 0 Å². The monoisotopic (exact) mass is 838 g/mol. The van der Waals surface area contributed by atoms with E-state index in [-0.39, 0.29) is 13.0 Å². The van der Waals surface area contributed by atoms with Crippen molar-refractivity contribution in [3.8, 4) is 0 Å². The third-order valence-corrected chi connectivity index (χ3v) is 10.5. The zero-order valence-electron chi connectivity index (χ0n) is 36.6. The lowest BCUT2D eigenvalue weighted by molar-refractivity contribution is -0.154. The fourth-order valence-corrected chi connectivity index (χ4v) is 6.78. The number of hydrogen-bond acceptors (Lipinski definition) is 8. The Morgan fingerprint density at radius 1 is 0.569 bits per heavy atom. The van der Waals surface area contributed by atoms with Gasteiger partial charge in [0.2, 0.25) is 0 Å². The Bertz CT molecular complexity index is 1150. The number of carbonyl (C=O) groups excluding carboxylic acids is 1. The number of allylic oxidation sites excluding steroid dienone is 10. The highest BCUT2D eigenvalue weighted by Crippen LogP contribution is 2.43. The summed E-state index contributed by atoms with van der Waals surface area (Å²) in [6.07, 6.45) is 51.2. The van der Waals surface area contributed by atoms with E-state index in [9.17, 15) is 19.0 Å². The molecule has 3 unspecified atom stereocenters. The Kier molecular flexibility index (Phi) is 41.1. The number of hydrogen-bond donors (Lipinski definition) is 3. The van der Waals surface area contributed by atoms with Gasteiger partial charge in [0, 0.05) is 13.0 Å². The third-order valence-electron chi connectivity index (χ3n) is 9.53. The molecular formula is C47H84NO9P. The number of phosphoric acid groups is 1. The van der Waals surface area contributed by atoms with Gasteiger partial charge in [-0.3, -0.25) is 18.6 Å². The third kappa shape index (κ3) is 41.8. The second-order valence-corrected chi connectivity index (χ2v) is 16.6. The molecule has 336 valence electrons. The van der Waals surface area contributed by atoms with E-state index in [1.807, 2.05) is 0 Å². The van der Waals surface area contributed by atoms with E-state index < -0.39 is 45.1 Å². The molecule has 0 spiro atoms. The molecule has 3 atom stereocenters. The molecule has 0 fully saturated rings. The van der Waals surface area contributed by atoms with Gasteiger partial charge in [-0.15, -0.1) is 0 Å². The summed E-state index contributed by atoms with van der Waals surface area (Å²) in [5.74, 6) is -1.80. The lowest BCUT2D eigenvalue weighted by Gasteiger charge is -2.20. The van der Waals surface area contributed by atoms with E-state index in [4.69, 9.17) is 29.4 Å². The topological polar surface area (TPSA) is 155 Å². The molecule has 0 saturated carbocycles.